The molecule has 0 amide bonds. The molecule has 1 rings (SSSR count). The first-order valence-corrected chi connectivity index (χ1v) is 8.14. The fourth-order valence-corrected chi connectivity index (χ4v) is 2.29. The predicted octanol–water partition coefficient (Wildman–Crippen LogP) is 2.28. The minimum Gasteiger partial charge on any atom is -0.468 e. The quantitative estimate of drug-likeness (QED) is 0.418. The van der Waals surface area contributed by atoms with Crippen molar-refractivity contribution in [3.63, 3.8) is 0 Å². The molecule has 0 bridgehead atoms. The van der Waals surface area contributed by atoms with Gasteiger partial charge in [-0.3, -0.25) is 10.1 Å². The van der Waals surface area contributed by atoms with Crippen LogP contribution in [0.4, 0.5) is 0 Å². The summed E-state index contributed by atoms with van der Waals surface area (Å²) in [6, 6.07) is 0.487. The first-order valence-electron chi connectivity index (χ1n) is 8.14. The van der Waals surface area contributed by atoms with Gasteiger partial charge in [0.1, 0.15) is 5.54 Å². The van der Waals surface area contributed by atoms with E-state index in [2.05, 4.69) is 12.2 Å². The van der Waals surface area contributed by atoms with Gasteiger partial charge in [-0.2, -0.15) is 0 Å². The number of methoxy groups -OCH3 is 1. The molecule has 0 saturated heterocycles. The van der Waals surface area contributed by atoms with Gasteiger partial charge >= 0.3 is 5.97 Å². The van der Waals surface area contributed by atoms with E-state index in [0.717, 1.165) is 51.7 Å². The topological polar surface area (TPSA) is 56.8 Å². The van der Waals surface area contributed by atoms with Crippen molar-refractivity contribution in [1.29, 1.82) is 0 Å². The first-order chi connectivity index (χ1) is 10.1. The molecule has 1 N–H and O–H groups in total. The van der Waals surface area contributed by atoms with Crippen LogP contribution in [-0.4, -0.2) is 51.1 Å². The molecule has 0 spiro atoms. The van der Waals surface area contributed by atoms with Gasteiger partial charge in [-0.1, -0.05) is 6.92 Å². The highest BCUT2D eigenvalue weighted by Gasteiger charge is 2.38. The number of carbonyl (C=O) groups is 1. The number of hydrogen-bond donors (Lipinski definition) is 1. The second-order valence-corrected chi connectivity index (χ2v) is 5.92. The van der Waals surface area contributed by atoms with Crippen molar-refractivity contribution < 1.29 is 19.0 Å². The van der Waals surface area contributed by atoms with Gasteiger partial charge in [-0.15, -0.1) is 0 Å². The van der Waals surface area contributed by atoms with E-state index in [-0.39, 0.29) is 5.97 Å². The zero-order valence-electron chi connectivity index (χ0n) is 13.8. The Bertz CT molecular complexity index is 294. The number of ether oxygens (including phenoxy) is 3. The van der Waals surface area contributed by atoms with Gasteiger partial charge in [0.25, 0.3) is 0 Å². The molecular formula is C16H31NO4. The van der Waals surface area contributed by atoms with Gasteiger partial charge in [0.15, 0.2) is 0 Å². The Morgan fingerprint density at radius 2 is 1.81 bits per heavy atom. The van der Waals surface area contributed by atoms with Crippen LogP contribution in [0, 0.1) is 0 Å². The Labute approximate surface area is 128 Å². The highest BCUT2D eigenvalue weighted by molar-refractivity contribution is 5.80. The van der Waals surface area contributed by atoms with Gasteiger partial charge in [0.05, 0.1) is 20.3 Å². The Hall–Kier alpha value is -0.650. The molecule has 124 valence electrons. The predicted molar refractivity (Wildman–Crippen MR) is 82.4 cm³/mol. The maximum Gasteiger partial charge on any atom is 0.325 e. The van der Waals surface area contributed by atoms with Crippen molar-refractivity contribution in [2.45, 2.75) is 64.0 Å². The molecule has 5 nitrogen and oxygen atoms in total. The summed E-state index contributed by atoms with van der Waals surface area (Å²) in [4.78, 5) is 11.9. The van der Waals surface area contributed by atoms with Crippen molar-refractivity contribution in [2.75, 3.05) is 33.5 Å². The molecule has 1 aliphatic carbocycles. The van der Waals surface area contributed by atoms with Gasteiger partial charge in [-0.05, 0) is 45.4 Å². The highest BCUT2D eigenvalue weighted by Crippen LogP contribution is 2.26. The van der Waals surface area contributed by atoms with Crippen LogP contribution in [-0.2, 0) is 19.0 Å². The molecule has 0 aromatic heterocycles. The summed E-state index contributed by atoms with van der Waals surface area (Å²) >= 11 is 0. The van der Waals surface area contributed by atoms with E-state index in [1.807, 2.05) is 6.92 Å². The van der Waals surface area contributed by atoms with Gasteiger partial charge in [0.2, 0.25) is 0 Å². The standard InChI is InChI=1S/C16H31NO4/c1-4-10-20-12-13-21-11-6-5-9-16(2,15(18)19-3)17-14-7-8-14/h14,17H,4-13H2,1-3H3. The van der Waals surface area contributed by atoms with E-state index < -0.39 is 5.54 Å². The Kier molecular flexibility index (Phi) is 8.88. The lowest BCUT2D eigenvalue weighted by Crippen LogP contribution is -2.51. The van der Waals surface area contributed by atoms with Crippen LogP contribution < -0.4 is 5.32 Å². The summed E-state index contributed by atoms with van der Waals surface area (Å²) in [6.07, 6.45) is 6.04. The highest BCUT2D eigenvalue weighted by atomic mass is 16.5. The average molecular weight is 301 g/mol. The van der Waals surface area contributed by atoms with Crippen molar-refractivity contribution in [3.8, 4) is 0 Å². The molecule has 0 radical (unpaired) electrons. The van der Waals surface area contributed by atoms with Gasteiger partial charge in [-0.25, -0.2) is 0 Å². The van der Waals surface area contributed by atoms with Crippen LogP contribution in [0.25, 0.3) is 0 Å². The lowest BCUT2D eigenvalue weighted by Gasteiger charge is -2.28. The maximum absolute atomic E-state index is 11.9. The van der Waals surface area contributed by atoms with Crippen LogP contribution in [0.15, 0.2) is 0 Å². The van der Waals surface area contributed by atoms with Gasteiger partial charge in [0, 0.05) is 19.3 Å². The normalized spacial score (nSPS) is 17.5. The van der Waals surface area contributed by atoms with E-state index in [0.29, 0.717) is 19.3 Å². The molecule has 0 heterocycles. The molecule has 1 fully saturated rings. The van der Waals surface area contributed by atoms with Crippen molar-refractivity contribution >= 4 is 5.97 Å². The molecule has 1 unspecified atom stereocenters. The summed E-state index contributed by atoms with van der Waals surface area (Å²) in [6.45, 7) is 6.86. The first kappa shape index (κ1) is 18.4. The van der Waals surface area contributed by atoms with Crippen molar-refractivity contribution in [1.82, 2.24) is 5.32 Å². The Morgan fingerprint density at radius 3 is 2.38 bits per heavy atom. The molecule has 5 heteroatoms. The lowest BCUT2D eigenvalue weighted by atomic mass is 9.94. The minimum absolute atomic E-state index is 0.164. The van der Waals surface area contributed by atoms with E-state index >= 15 is 0 Å². The fourth-order valence-electron chi connectivity index (χ4n) is 2.29. The Morgan fingerprint density at radius 1 is 1.14 bits per heavy atom. The number of esters is 1. The number of rotatable bonds is 13. The van der Waals surface area contributed by atoms with Crippen LogP contribution in [0.5, 0.6) is 0 Å². The molecular weight excluding hydrogens is 270 g/mol. The summed E-state index contributed by atoms with van der Waals surface area (Å²) < 4.78 is 15.8. The van der Waals surface area contributed by atoms with Crippen LogP contribution in [0.2, 0.25) is 0 Å². The molecule has 21 heavy (non-hydrogen) atoms. The average Bonchev–Trinajstić information content (AvgIpc) is 3.28. The molecule has 1 atom stereocenters. The van der Waals surface area contributed by atoms with E-state index in [9.17, 15) is 4.79 Å². The third-order valence-electron chi connectivity index (χ3n) is 3.67. The molecule has 0 aromatic rings. The maximum atomic E-state index is 11.9. The smallest absolute Gasteiger partial charge is 0.325 e. The summed E-state index contributed by atoms with van der Waals surface area (Å²) in [5, 5.41) is 3.41. The largest absolute Gasteiger partial charge is 0.468 e. The van der Waals surface area contributed by atoms with Crippen LogP contribution in [0.1, 0.15) is 52.4 Å². The third kappa shape index (κ3) is 7.79. The Balaban J connectivity index is 2.08. The summed E-state index contributed by atoms with van der Waals surface area (Å²) in [5.74, 6) is -0.164. The minimum atomic E-state index is -0.555. The van der Waals surface area contributed by atoms with E-state index in [4.69, 9.17) is 14.2 Å². The number of unbranched alkanes of at least 4 members (excludes halogenated alkanes) is 1. The second-order valence-electron chi connectivity index (χ2n) is 5.92. The number of carbonyl (C=O) groups excluding carboxylic acids is 1. The number of nitrogens with one attached hydrogen (secondary N) is 1. The van der Waals surface area contributed by atoms with Gasteiger partial charge < -0.3 is 14.2 Å². The van der Waals surface area contributed by atoms with E-state index in [1.54, 1.807) is 0 Å². The van der Waals surface area contributed by atoms with Crippen molar-refractivity contribution in [2.24, 2.45) is 0 Å². The van der Waals surface area contributed by atoms with Crippen LogP contribution >= 0.6 is 0 Å². The molecule has 0 aliphatic heterocycles. The van der Waals surface area contributed by atoms with E-state index in [1.165, 1.54) is 7.11 Å². The lowest BCUT2D eigenvalue weighted by molar-refractivity contribution is -0.148. The zero-order chi connectivity index (χ0) is 15.6. The SMILES string of the molecule is CCCOCCOCCCCC(C)(NC1CC1)C(=O)OC. The summed E-state index contributed by atoms with van der Waals surface area (Å²) in [7, 11) is 1.45. The third-order valence-corrected chi connectivity index (χ3v) is 3.67. The molecule has 0 aromatic carbocycles. The van der Waals surface area contributed by atoms with Crippen molar-refractivity contribution in [3.05, 3.63) is 0 Å². The molecule has 1 saturated carbocycles. The fraction of sp³-hybridized carbons (Fsp3) is 0.938. The zero-order valence-corrected chi connectivity index (χ0v) is 13.8. The second kappa shape index (κ2) is 10.1. The number of hydrogen-bond acceptors (Lipinski definition) is 5. The molecule has 1 aliphatic rings. The van der Waals surface area contributed by atoms with Crippen LogP contribution in [0.3, 0.4) is 0 Å². The monoisotopic (exact) mass is 301 g/mol. The summed E-state index contributed by atoms with van der Waals surface area (Å²) in [5.41, 5.74) is -0.555.